The van der Waals surface area contributed by atoms with Crippen LogP contribution in [-0.4, -0.2) is 14.2 Å². The summed E-state index contributed by atoms with van der Waals surface area (Å²) in [5, 5.41) is 0. The lowest BCUT2D eigenvalue weighted by atomic mass is 10.1. The van der Waals surface area contributed by atoms with E-state index in [2.05, 4.69) is 0 Å². The maximum atomic E-state index is 13.9. The molecular formula is C13H20FNO2S. The van der Waals surface area contributed by atoms with Crippen LogP contribution in [0.15, 0.2) is 18.2 Å². The molecule has 0 fully saturated rings. The van der Waals surface area contributed by atoms with E-state index in [1.807, 2.05) is 13.8 Å². The fraction of sp³-hybridized carbons (Fsp3) is 0.538. The van der Waals surface area contributed by atoms with Gasteiger partial charge in [0.25, 0.3) is 0 Å². The van der Waals surface area contributed by atoms with Crippen molar-refractivity contribution in [2.24, 2.45) is 11.7 Å². The smallest absolute Gasteiger partial charge is 0.154 e. The van der Waals surface area contributed by atoms with Gasteiger partial charge in [0.05, 0.1) is 11.5 Å². The number of benzene rings is 1. The molecule has 0 unspecified atom stereocenters. The van der Waals surface area contributed by atoms with Crippen LogP contribution in [0.3, 0.4) is 0 Å². The van der Waals surface area contributed by atoms with Crippen molar-refractivity contribution in [2.45, 2.75) is 32.6 Å². The molecule has 1 aromatic rings. The third-order valence-electron chi connectivity index (χ3n) is 2.76. The molecule has 0 radical (unpaired) electrons. The highest BCUT2D eigenvalue weighted by Gasteiger charge is 2.16. The van der Waals surface area contributed by atoms with Gasteiger partial charge in [-0.15, -0.1) is 0 Å². The summed E-state index contributed by atoms with van der Waals surface area (Å²) in [5.41, 5.74) is 5.96. The van der Waals surface area contributed by atoms with Crippen LogP contribution in [0, 0.1) is 11.7 Å². The summed E-state index contributed by atoms with van der Waals surface area (Å²) >= 11 is 0. The molecule has 3 nitrogen and oxygen atoms in total. The van der Waals surface area contributed by atoms with Gasteiger partial charge in [0.15, 0.2) is 9.84 Å². The van der Waals surface area contributed by atoms with Crippen molar-refractivity contribution in [3.8, 4) is 0 Å². The predicted molar refractivity (Wildman–Crippen MR) is 71.2 cm³/mol. The minimum absolute atomic E-state index is 0.0751. The molecule has 1 rings (SSSR count). The van der Waals surface area contributed by atoms with Crippen molar-refractivity contribution in [3.63, 3.8) is 0 Å². The van der Waals surface area contributed by atoms with Gasteiger partial charge >= 0.3 is 0 Å². The Morgan fingerprint density at radius 1 is 1.28 bits per heavy atom. The molecule has 0 saturated carbocycles. The van der Waals surface area contributed by atoms with Crippen LogP contribution < -0.4 is 5.73 Å². The fourth-order valence-corrected chi connectivity index (χ4v) is 3.30. The first-order chi connectivity index (χ1) is 8.35. The summed E-state index contributed by atoms with van der Waals surface area (Å²) < 4.78 is 37.6. The van der Waals surface area contributed by atoms with Crippen LogP contribution in [0.4, 0.5) is 4.39 Å². The van der Waals surface area contributed by atoms with E-state index in [9.17, 15) is 12.8 Å². The quantitative estimate of drug-likeness (QED) is 0.864. The van der Waals surface area contributed by atoms with E-state index in [4.69, 9.17) is 5.73 Å². The van der Waals surface area contributed by atoms with Gasteiger partial charge in [-0.05, 0) is 12.3 Å². The normalized spacial score (nSPS) is 12.1. The minimum Gasteiger partial charge on any atom is -0.326 e. The van der Waals surface area contributed by atoms with Crippen molar-refractivity contribution >= 4 is 9.84 Å². The average Bonchev–Trinajstić information content (AvgIpc) is 2.29. The molecule has 2 N–H and O–H groups in total. The molecule has 0 atom stereocenters. The lowest BCUT2D eigenvalue weighted by Crippen LogP contribution is -2.13. The summed E-state index contributed by atoms with van der Waals surface area (Å²) in [7, 11) is -3.26. The van der Waals surface area contributed by atoms with Gasteiger partial charge < -0.3 is 5.73 Å². The second-order valence-electron chi connectivity index (χ2n) is 4.87. The lowest BCUT2D eigenvalue weighted by molar-refractivity contribution is 0.567. The van der Waals surface area contributed by atoms with E-state index in [1.165, 1.54) is 6.07 Å². The van der Waals surface area contributed by atoms with Crippen LogP contribution in [-0.2, 0) is 22.1 Å². The molecule has 0 aliphatic heterocycles. The van der Waals surface area contributed by atoms with E-state index in [0.29, 0.717) is 17.9 Å². The minimum atomic E-state index is -3.26. The van der Waals surface area contributed by atoms with E-state index in [1.54, 1.807) is 12.1 Å². The zero-order valence-corrected chi connectivity index (χ0v) is 11.6. The molecular weight excluding hydrogens is 253 g/mol. The number of halogens is 1. The summed E-state index contributed by atoms with van der Waals surface area (Å²) in [6.45, 7) is 4.00. The second-order valence-corrected chi connectivity index (χ2v) is 7.05. The lowest BCUT2D eigenvalue weighted by Gasteiger charge is -2.09. The standard InChI is InChI=1S/C13H20FNO2S/c1-10(2)6-7-18(16,17)9-12-5-3-4-11(8-15)13(12)14/h3-5,10H,6-9,15H2,1-2H3. The SMILES string of the molecule is CC(C)CCS(=O)(=O)Cc1cccc(CN)c1F. The highest BCUT2D eigenvalue weighted by atomic mass is 32.2. The number of rotatable bonds is 6. The maximum Gasteiger partial charge on any atom is 0.154 e. The molecule has 102 valence electrons. The first-order valence-corrected chi connectivity index (χ1v) is 7.84. The molecule has 0 bridgehead atoms. The van der Waals surface area contributed by atoms with Gasteiger partial charge in [-0.1, -0.05) is 32.0 Å². The Morgan fingerprint density at radius 2 is 1.89 bits per heavy atom. The summed E-state index contributed by atoms with van der Waals surface area (Å²) in [4.78, 5) is 0. The van der Waals surface area contributed by atoms with E-state index in [-0.39, 0.29) is 23.6 Å². The second kappa shape index (κ2) is 6.29. The molecule has 0 amide bonds. The number of hydrogen-bond donors (Lipinski definition) is 1. The van der Waals surface area contributed by atoms with E-state index in [0.717, 1.165) is 0 Å². The molecule has 5 heteroatoms. The van der Waals surface area contributed by atoms with Gasteiger partial charge in [0.1, 0.15) is 5.82 Å². The van der Waals surface area contributed by atoms with Crippen molar-refractivity contribution in [2.75, 3.05) is 5.75 Å². The van der Waals surface area contributed by atoms with Gasteiger partial charge in [-0.2, -0.15) is 0 Å². The molecule has 0 aromatic heterocycles. The third kappa shape index (κ3) is 4.38. The van der Waals surface area contributed by atoms with Crippen LogP contribution in [0.5, 0.6) is 0 Å². The molecule has 0 heterocycles. The summed E-state index contributed by atoms with van der Waals surface area (Å²) in [5.74, 6) is -0.329. The largest absolute Gasteiger partial charge is 0.326 e. The van der Waals surface area contributed by atoms with Gasteiger partial charge in [0, 0.05) is 17.7 Å². The predicted octanol–water partition coefficient (Wildman–Crippen LogP) is 2.25. The monoisotopic (exact) mass is 273 g/mol. The van der Waals surface area contributed by atoms with Gasteiger partial charge in [0.2, 0.25) is 0 Å². The van der Waals surface area contributed by atoms with Crippen LogP contribution >= 0.6 is 0 Å². The molecule has 0 spiro atoms. The van der Waals surface area contributed by atoms with Crippen LogP contribution in [0.2, 0.25) is 0 Å². The number of nitrogens with two attached hydrogens (primary N) is 1. The van der Waals surface area contributed by atoms with Gasteiger partial charge in [-0.25, -0.2) is 12.8 Å². The van der Waals surface area contributed by atoms with Gasteiger partial charge in [-0.3, -0.25) is 0 Å². The Balaban J connectivity index is 2.84. The molecule has 0 aliphatic rings. The van der Waals surface area contributed by atoms with Crippen LogP contribution in [0.1, 0.15) is 31.4 Å². The first-order valence-electron chi connectivity index (χ1n) is 6.02. The van der Waals surface area contributed by atoms with Crippen molar-refractivity contribution in [1.82, 2.24) is 0 Å². The van der Waals surface area contributed by atoms with Crippen molar-refractivity contribution < 1.29 is 12.8 Å². The van der Waals surface area contributed by atoms with Crippen molar-refractivity contribution in [1.29, 1.82) is 0 Å². The van der Waals surface area contributed by atoms with E-state index < -0.39 is 15.7 Å². The molecule has 1 aromatic carbocycles. The van der Waals surface area contributed by atoms with Crippen LogP contribution in [0.25, 0.3) is 0 Å². The molecule has 0 aliphatic carbocycles. The highest BCUT2D eigenvalue weighted by Crippen LogP contribution is 2.16. The van der Waals surface area contributed by atoms with Crippen molar-refractivity contribution in [3.05, 3.63) is 35.1 Å². The Morgan fingerprint density at radius 3 is 2.44 bits per heavy atom. The maximum absolute atomic E-state index is 13.9. The molecule has 18 heavy (non-hydrogen) atoms. The summed E-state index contributed by atoms with van der Waals surface area (Å²) in [6.07, 6.45) is 0.598. The van der Waals surface area contributed by atoms with E-state index >= 15 is 0 Å². The Labute approximate surface area is 108 Å². The number of sulfone groups is 1. The topological polar surface area (TPSA) is 60.2 Å². The highest BCUT2D eigenvalue weighted by molar-refractivity contribution is 7.90. The zero-order chi connectivity index (χ0) is 13.8. The Hall–Kier alpha value is -0.940. The first kappa shape index (κ1) is 15.1. The third-order valence-corrected chi connectivity index (χ3v) is 4.37. The Kier molecular flexibility index (Phi) is 5.28. The average molecular weight is 273 g/mol. The molecule has 0 saturated heterocycles. The zero-order valence-electron chi connectivity index (χ0n) is 10.8. The fourth-order valence-electron chi connectivity index (χ4n) is 1.63. The summed E-state index contributed by atoms with van der Waals surface area (Å²) in [6, 6.07) is 4.71. The Bertz CT molecular complexity index is 498. The number of hydrogen-bond acceptors (Lipinski definition) is 3.